The van der Waals surface area contributed by atoms with Crippen LogP contribution in [0.3, 0.4) is 0 Å². The van der Waals surface area contributed by atoms with Gasteiger partial charge in [-0.2, -0.15) is 0 Å². The van der Waals surface area contributed by atoms with E-state index < -0.39 is 11.6 Å². The standard InChI is InChI=1S/C16H19NO5/c1-9-4-12-11(7-22-13(12)5-10(9)2)6-14(18)17-8-16(3,21)15(19)20/h4-5,7,21H,6,8H2,1-3H3,(H,17,18)(H,19,20). The molecule has 1 aromatic heterocycles. The third kappa shape index (κ3) is 3.28. The molecule has 0 saturated heterocycles. The van der Waals surface area contributed by atoms with Gasteiger partial charge in [0.2, 0.25) is 5.91 Å². The quantitative estimate of drug-likeness (QED) is 0.778. The van der Waals surface area contributed by atoms with Crippen molar-refractivity contribution in [2.45, 2.75) is 32.8 Å². The number of fused-ring (bicyclic) bond motifs is 1. The number of furan rings is 1. The first kappa shape index (κ1) is 16.0. The minimum Gasteiger partial charge on any atom is -0.479 e. The van der Waals surface area contributed by atoms with Gasteiger partial charge >= 0.3 is 5.97 Å². The lowest BCUT2D eigenvalue weighted by Gasteiger charge is -2.18. The summed E-state index contributed by atoms with van der Waals surface area (Å²) in [7, 11) is 0. The Balaban J connectivity index is 2.09. The maximum Gasteiger partial charge on any atom is 0.337 e. The van der Waals surface area contributed by atoms with E-state index in [2.05, 4.69) is 5.32 Å². The van der Waals surface area contributed by atoms with Gasteiger partial charge in [0.1, 0.15) is 5.58 Å². The summed E-state index contributed by atoms with van der Waals surface area (Å²) < 4.78 is 5.45. The molecule has 22 heavy (non-hydrogen) atoms. The van der Waals surface area contributed by atoms with Crippen LogP contribution in [0.5, 0.6) is 0 Å². The topological polar surface area (TPSA) is 99.8 Å². The zero-order valence-corrected chi connectivity index (χ0v) is 12.8. The lowest BCUT2D eigenvalue weighted by atomic mass is 10.0. The molecule has 0 aliphatic heterocycles. The first-order valence-electron chi connectivity index (χ1n) is 6.90. The molecule has 0 aliphatic rings. The van der Waals surface area contributed by atoms with Crippen LogP contribution < -0.4 is 5.32 Å². The maximum atomic E-state index is 11.9. The van der Waals surface area contributed by atoms with E-state index >= 15 is 0 Å². The van der Waals surface area contributed by atoms with Crippen LogP contribution in [0.4, 0.5) is 0 Å². The van der Waals surface area contributed by atoms with E-state index in [0.717, 1.165) is 29.0 Å². The first-order valence-corrected chi connectivity index (χ1v) is 6.90. The lowest BCUT2D eigenvalue weighted by Crippen LogP contribution is -2.46. The van der Waals surface area contributed by atoms with E-state index in [4.69, 9.17) is 9.52 Å². The third-order valence-electron chi connectivity index (χ3n) is 3.71. The van der Waals surface area contributed by atoms with Gasteiger partial charge in [-0.3, -0.25) is 4.79 Å². The number of hydrogen-bond acceptors (Lipinski definition) is 4. The highest BCUT2D eigenvalue weighted by molar-refractivity contribution is 5.88. The molecule has 0 radical (unpaired) electrons. The molecule has 6 nitrogen and oxygen atoms in total. The SMILES string of the molecule is Cc1cc2occ(CC(=O)NCC(C)(O)C(=O)O)c2cc1C. The molecule has 0 aliphatic carbocycles. The van der Waals surface area contributed by atoms with Gasteiger partial charge in [-0.25, -0.2) is 4.79 Å². The molecule has 1 amide bonds. The summed E-state index contributed by atoms with van der Waals surface area (Å²) in [6.07, 6.45) is 1.59. The second-order valence-corrected chi connectivity index (χ2v) is 5.73. The van der Waals surface area contributed by atoms with E-state index in [9.17, 15) is 14.7 Å². The summed E-state index contributed by atoms with van der Waals surface area (Å²) in [6.45, 7) is 4.75. The van der Waals surface area contributed by atoms with E-state index in [1.54, 1.807) is 0 Å². The molecule has 1 aromatic carbocycles. The number of nitrogens with one attached hydrogen (secondary N) is 1. The number of aliphatic hydroxyl groups is 1. The highest BCUT2D eigenvalue weighted by Gasteiger charge is 2.30. The summed E-state index contributed by atoms with van der Waals surface area (Å²) in [5.41, 5.74) is 1.66. The highest BCUT2D eigenvalue weighted by Crippen LogP contribution is 2.25. The van der Waals surface area contributed by atoms with Crippen molar-refractivity contribution < 1.29 is 24.2 Å². The molecule has 6 heteroatoms. The number of carboxylic acid groups (broad SMARTS) is 1. The van der Waals surface area contributed by atoms with E-state index in [1.165, 1.54) is 6.26 Å². The lowest BCUT2D eigenvalue weighted by molar-refractivity contribution is -0.156. The molecule has 0 saturated carbocycles. The van der Waals surface area contributed by atoms with E-state index in [-0.39, 0.29) is 18.9 Å². The number of hydrogen-bond donors (Lipinski definition) is 3. The van der Waals surface area contributed by atoms with Gasteiger partial charge < -0.3 is 19.9 Å². The summed E-state index contributed by atoms with van der Waals surface area (Å²) >= 11 is 0. The molecule has 2 rings (SSSR count). The number of carboxylic acids is 1. The zero-order chi connectivity index (χ0) is 16.5. The predicted octanol–water partition coefficient (Wildman–Crippen LogP) is 1.54. The largest absolute Gasteiger partial charge is 0.479 e. The van der Waals surface area contributed by atoms with Gasteiger partial charge in [0.15, 0.2) is 5.60 Å². The molecular weight excluding hydrogens is 286 g/mol. The van der Waals surface area contributed by atoms with Crippen molar-refractivity contribution in [2.75, 3.05) is 6.54 Å². The fourth-order valence-electron chi connectivity index (χ4n) is 2.05. The van der Waals surface area contributed by atoms with Crippen LogP contribution in [0, 0.1) is 13.8 Å². The summed E-state index contributed by atoms with van der Waals surface area (Å²) in [4.78, 5) is 22.7. The normalized spacial score (nSPS) is 13.8. The van der Waals surface area contributed by atoms with Crippen LogP contribution in [0.15, 0.2) is 22.8 Å². The Morgan fingerprint density at radius 2 is 1.91 bits per heavy atom. The minimum atomic E-state index is -1.98. The maximum absolute atomic E-state index is 11.9. The number of carbonyl (C=O) groups is 2. The molecule has 0 bridgehead atoms. The number of benzene rings is 1. The first-order chi connectivity index (χ1) is 10.2. The van der Waals surface area contributed by atoms with Gasteiger partial charge in [0.25, 0.3) is 0 Å². The molecule has 2 aromatic rings. The summed E-state index contributed by atoms with van der Waals surface area (Å²) in [6, 6.07) is 3.88. The monoisotopic (exact) mass is 305 g/mol. The van der Waals surface area contributed by atoms with Crippen molar-refractivity contribution in [1.82, 2.24) is 5.32 Å². The van der Waals surface area contributed by atoms with Crippen LogP contribution >= 0.6 is 0 Å². The van der Waals surface area contributed by atoms with Crippen LogP contribution in [-0.2, 0) is 16.0 Å². The molecule has 0 fully saturated rings. The fourth-order valence-corrected chi connectivity index (χ4v) is 2.05. The van der Waals surface area contributed by atoms with E-state index in [0.29, 0.717) is 5.58 Å². The number of aliphatic carboxylic acids is 1. The molecule has 1 heterocycles. The van der Waals surface area contributed by atoms with E-state index in [1.807, 2.05) is 26.0 Å². The Bertz CT molecular complexity index is 729. The minimum absolute atomic E-state index is 0.0607. The Hall–Kier alpha value is -2.34. The third-order valence-corrected chi connectivity index (χ3v) is 3.71. The van der Waals surface area contributed by atoms with Gasteiger partial charge in [0, 0.05) is 10.9 Å². The van der Waals surface area contributed by atoms with Crippen LogP contribution in [0.2, 0.25) is 0 Å². The Kier molecular flexibility index (Phi) is 4.23. The number of carbonyl (C=O) groups excluding carboxylic acids is 1. The molecular formula is C16H19NO5. The number of amides is 1. The number of rotatable bonds is 5. The van der Waals surface area contributed by atoms with Crippen LogP contribution in [0.25, 0.3) is 11.0 Å². The summed E-state index contributed by atoms with van der Waals surface area (Å²) in [5, 5.41) is 21.7. The molecule has 1 unspecified atom stereocenters. The van der Waals surface area contributed by atoms with Crippen molar-refractivity contribution in [3.05, 3.63) is 35.1 Å². The zero-order valence-electron chi connectivity index (χ0n) is 12.8. The smallest absolute Gasteiger partial charge is 0.337 e. The fraction of sp³-hybridized carbons (Fsp3) is 0.375. The van der Waals surface area contributed by atoms with Gasteiger partial charge in [-0.15, -0.1) is 0 Å². The van der Waals surface area contributed by atoms with Gasteiger partial charge in [-0.1, -0.05) is 0 Å². The average Bonchev–Trinajstić information content (AvgIpc) is 2.79. The van der Waals surface area contributed by atoms with Crippen molar-refractivity contribution in [2.24, 2.45) is 0 Å². The van der Waals surface area contributed by atoms with Gasteiger partial charge in [0.05, 0.1) is 19.2 Å². The average molecular weight is 305 g/mol. The Morgan fingerprint density at radius 3 is 2.55 bits per heavy atom. The Labute approximate surface area is 127 Å². The predicted molar refractivity (Wildman–Crippen MR) is 80.7 cm³/mol. The second kappa shape index (κ2) is 5.81. The Morgan fingerprint density at radius 1 is 1.27 bits per heavy atom. The van der Waals surface area contributed by atoms with Crippen LogP contribution in [-0.4, -0.2) is 34.2 Å². The molecule has 3 N–H and O–H groups in total. The van der Waals surface area contributed by atoms with Crippen molar-refractivity contribution in [3.8, 4) is 0 Å². The molecule has 1 atom stereocenters. The van der Waals surface area contributed by atoms with Crippen molar-refractivity contribution >= 4 is 22.8 Å². The molecule has 0 spiro atoms. The van der Waals surface area contributed by atoms with Crippen LogP contribution in [0.1, 0.15) is 23.6 Å². The number of aryl methyl sites for hydroxylation is 2. The second-order valence-electron chi connectivity index (χ2n) is 5.73. The van der Waals surface area contributed by atoms with Gasteiger partial charge in [-0.05, 0) is 44.0 Å². The van der Waals surface area contributed by atoms with Crippen molar-refractivity contribution in [1.29, 1.82) is 0 Å². The summed E-state index contributed by atoms with van der Waals surface area (Å²) in [5.74, 6) is -1.75. The van der Waals surface area contributed by atoms with Crippen molar-refractivity contribution in [3.63, 3.8) is 0 Å². The highest BCUT2D eigenvalue weighted by atomic mass is 16.4. The molecule has 118 valence electrons.